The van der Waals surface area contributed by atoms with E-state index in [1.165, 1.54) is 0 Å². The quantitative estimate of drug-likeness (QED) is 0.719. The second-order valence-electron chi connectivity index (χ2n) is 5.16. The number of carboxylic acids is 1. The third-order valence-corrected chi connectivity index (χ3v) is 3.47. The molecule has 1 fully saturated rings. The number of carboxylic acid groups (broad SMARTS) is 1. The summed E-state index contributed by atoms with van der Waals surface area (Å²) >= 11 is 0. The SMILES string of the molecule is CC(CC(=O)O)CC(=O)N(CCO)C1CCCC1. The maximum Gasteiger partial charge on any atom is 0.303 e. The van der Waals surface area contributed by atoms with Crippen molar-refractivity contribution < 1.29 is 19.8 Å². The zero-order chi connectivity index (χ0) is 13.5. The first-order valence-corrected chi connectivity index (χ1v) is 6.66. The van der Waals surface area contributed by atoms with Crippen LogP contribution in [0.25, 0.3) is 0 Å². The number of aliphatic hydroxyl groups excluding tert-OH is 1. The molecular weight excluding hydrogens is 234 g/mol. The molecule has 1 saturated carbocycles. The molecule has 18 heavy (non-hydrogen) atoms. The molecule has 1 aliphatic rings. The highest BCUT2D eigenvalue weighted by atomic mass is 16.4. The van der Waals surface area contributed by atoms with Crippen LogP contribution in [0.15, 0.2) is 0 Å². The average molecular weight is 257 g/mol. The predicted octanol–water partition coefficient (Wildman–Crippen LogP) is 1.25. The number of hydrogen-bond acceptors (Lipinski definition) is 3. The highest BCUT2D eigenvalue weighted by Crippen LogP contribution is 2.24. The van der Waals surface area contributed by atoms with E-state index in [2.05, 4.69) is 0 Å². The summed E-state index contributed by atoms with van der Waals surface area (Å²) in [4.78, 5) is 24.5. The summed E-state index contributed by atoms with van der Waals surface area (Å²) in [5, 5.41) is 17.7. The summed E-state index contributed by atoms with van der Waals surface area (Å²) in [5.74, 6) is -1.05. The van der Waals surface area contributed by atoms with Gasteiger partial charge < -0.3 is 15.1 Å². The summed E-state index contributed by atoms with van der Waals surface area (Å²) in [5.41, 5.74) is 0. The second-order valence-corrected chi connectivity index (χ2v) is 5.16. The van der Waals surface area contributed by atoms with Gasteiger partial charge in [-0.05, 0) is 18.8 Å². The third kappa shape index (κ3) is 4.64. The highest BCUT2D eigenvalue weighted by molar-refractivity contribution is 5.77. The number of carbonyl (C=O) groups excluding carboxylic acids is 1. The van der Waals surface area contributed by atoms with E-state index in [-0.39, 0.29) is 37.3 Å². The Bertz CT molecular complexity index is 287. The third-order valence-electron chi connectivity index (χ3n) is 3.47. The van der Waals surface area contributed by atoms with Crippen molar-refractivity contribution in [2.75, 3.05) is 13.2 Å². The molecular formula is C13H23NO4. The van der Waals surface area contributed by atoms with Gasteiger partial charge in [0.25, 0.3) is 0 Å². The van der Waals surface area contributed by atoms with Gasteiger partial charge in [-0.15, -0.1) is 0 Å². The van der Waals surface area contributed by atoms with E-state index in [4.69, 9.17) is 10.2 Å². The molecule has 0 radical (unpaired) electrons. The Morgan fingerprint density at radius 2 is 1.89 bits per heavy atom. The van der Waals surface area contributed by atoms with Gasteiger partial charge in [-0.3, -0.25) is 9.59 Å². The summed E-state index contributed by atoms with van der Waals surface area (Å²) in [6.45, 7) is 2.11. The molecule has 1 rings (SSSR count). The summed E-state index contributed by atoms with van der Waals surface area (Å²) < 4.78 is 0. The van der Waals surface area contributed by atoms with Crippen LogP contribution in [0.2, 0.25) is 0 Å². The molecule has 1 amide bonds. The number of nitrogens with zero attached hydrogens (tertiary/aromatic N) is 1. The molecule has 0 aromatic rings. The van der Waals surface area contributed by atoms with E-state index in [9.17, 15) is 9.59 Å². The van der Waals surface area contributed by atoms with Crippen LogP contribution in [0.1, 0.15) is 45.4 Å². The number of rotatable bonds is 7. The molecule has 1 aliphatic carbocycles. The van der Waals surface area contributed by atoms with Crippen molar-refractivity contribution in [2.24, 2.45) is 5.92 Å². The van der Waals surface area contributed by atoms with Crippen LogP contribution in [0, 0.1) is 5.92 Å². The van der Waals surface area contributed by atoms with Gasteiger partial charge in [-0.25, -0.2) is 0 Å². The van der Waals surface area contributed by atoms with E-state index >= 15 is 0 Å². The van der Waals surface area contributed by atoms with Crippen LogP contribution in [-0.2, 0) is 9.59 Å². The lowest BCUT2D eigenvalue weighted by Crippen LogP contribution is -2.41. The smallest absolute Gasteiger partial charge is 0.303 e. The van der Waals surface area contributed by atoms with E-state index < -0.39 is 5.97 Å². The van der Waals surface area contributed by atoms with Gasteiger partial charge in [0.2, 0.25) is 5.91 Å². The molecule has 0 aromatic carbocycles. The van der Waals surface area contributed by atoms with Crippen molar-refractivity contribution in [1.29, 1.82) is 0 Å². The fraction of sp³-hybridized carbons (Fsp3) is 0.846. The lowest BCUT2D eigenvalue weighted by molar-refractivity contribution is -0.139. The zero-order valence-electron chi connectivity index (χ0n) is 11.0. The molecule has 1 atom stereocenters. The van der Waals surface area contributed by atoms with Crippen LogP contribution in [-0.4, -0.2) is 46.2 Å². The normalized spacial score (nSPS) is 17.7. The Morgan fingerprint density at radius 3 is 2.39 bits per heavy atom. The summed E-state index contributed by atoms with van der Waals surface area (Å²) in [6, 6.07) is 0.238. The minimum atomic E-state index is -0.870. The fourth-order valence-corrected chi connectivity index (χ4v) is 2.62. The molecule has 0 bridgehead atoms. The van der Waals surface area contributed by atoms with Gasteiger partial charge in [0.15, 0.2) is 0 Å². The molecule has 1 unspecified atom stereocenters. The van der Waals surface area contributed by atoms with Gasteiger partial charge in [0.1, 0.15) is 0 Å². The van der Waals surface area contributed by atoms with Crippen molar-refractivity contribution in [3.8, 4) is 0 Å². The zero-order valence-corrected chi connectivity index (χ0v) is 11.0. The Hall–Kier alpha value is -1.10. The Kier molecular flexibility index (Phi) is 6.12. The fourth-order valence-electron chi connectivity index (χ4n) is 2.62. The minimum absolute atomic E-state index is 0.0172. The van der Waals surface area contributed by atoms with Crippen molar-refractivity contribution >= 4 is 11.9 Å². The Balaban J connectivity index is 2.50. The molecule has 5 heteroatoms. The monoisotopic (exact) mass is 257 g/mol. The van der Waals surface area contributed by atoms with E-state index in [0.29, 0.717) is 6.54 Å². The molecule has 0 heterocycles. The maximum absolute atomic E-state index is 12.1. The highest BCUT2D eigenvalue weighted by Gasteiger charge is 2.27. The molecule has 104 valence electrons. The second kappa shape index (κ2) is 7.36. The number of amides is 1. The number of aliphatic carboxylic acids is 1. The van der Waals surface area contributed by atoms with Crippen molar-refractivity contribution in [2.45, 2.75) is 51.5 Å². The maximum atomic E-state index is 12.1. The van der Waals surface area contributed by atoms with E-state index in [1.807, 2.05) is 0 Å². The van der Waals surface area contributed by atoms with E-state index in [1.54, 1.807) is 11.8 Å². The van der Waals surface area contributed by atoms with Crippen LogP contribution in [0.5, 0.6) is 0 Å². The lowest BCUT2D eigenvalue weighted by Gasteiger charge is -2.29. The lowest BCUT2D eigenvalue weighted by atomic mass is 10.0. The first kappa shape index (κ1) is 15.0. The summed E-state index contributed by atoms with van der Waals surface area (Å²) in [7, 11) is 0. The van der Waals surface area contributed by atoms with Gasteiger partial charge in [-0.1, -0.05) is 19.8 Å². The minimum Gasteiger partial charge on any atom is -0.481 e. The van der Waals surface area contributed by atoms with Crippen LogP contribution < -0.4 is 0 Å². The number of carbonyl (C=O) groups is 2. The standard InChI is InChI=1S/C13H23NO4/c1-10(9-13(17)18)8-12(16)14(6-7-15)11-4-2-3-5-11/h10-11,15H,2-9H2,1H3,(H,17,18). The van der Waals surface area contributed by atoms with Gasteiger partial charge in [0.05, 0.1) is 6.61 Å². The van der Waals surface area contributed by atoms with Crippen molar-refractivity contribution in [1.82, 2.24) is 4.90 Å². The topological polar surface area (TPSA) is 77.8 Å². The van der Waals surface area contributed by atoms with Crippen LogP contribution >= 0.6 is 0 Å². The molecule has 0 aliphatic heterocycles. The van der Waals surface area contributed by atoms with Gasteiger partial charge in [-0.2, -0.15) is 0 Å². The van der Waals surface area contributed by atoms with Gasteiger partial charge in [0, 0.05) is 25.4 Å². The first-order valence-electron chi connectivity index (χ1n) is 6.66. The molecule has 0 aromatic heterocycles. The largest absolute Gasteiger partial charge is 0.481 e. The Labute approximate surface area is 108 Å². The Morgan fingerprint density at radius 1 is 1.28 bits per heavy atom. The van der Waals surface area contributed by atoms with Crippen molar-refractivity contribution in [3.63, 3.8) is 0 Å². The van der Waals surface area contributed by atoms with E-state index in [0.717, 1.165) is 25.7 Å². The predicted molar refractivity (Wildman–Crippen MR) is 67.1 cm³/mol. The molecule has 2 N–H and O–H groups in total. The molecule has 0 spiro atoms. The number of aliphatic hydroxyl groups is 1. The van der Waals surface area contributed by atoms with Crippen molar-refractivity contribution in [3.05, 3.63) is 0 Å². The van der Waals surface area contributed by atoms with Crippen LogP contribution in [0.3, 0.4) is 0 Å². The molecule has 0 saturated heterocycles. The average Bonchev–Trinajstić information content (AvgIpc) is 2.77. The number of hydrogen-bond donors (Lipinski definition) is 2. The van der Waals surface area contributed by atoms with Gasteiger partial charge >= 0.3 is 5.97 Å². The first-order chi connectivity index (χ1) is 8.54. The molecule has 5 nitrogen and oxygen atoms in total. The summed E-state index contributed by atoms with van der Waals surface area (Å²) in [6.07, 6.45) is 4.53. The van der Waals surface area contributed by atoms with Crippen LogP contribution in [0.4, 0.5) is 0 Å².